The summed E-state index contributed by atoms with van der Waals surface area (Å²) in [4.78, 5) is 11.1. The van der Waals surface area contributed by atoms with Crippen molar-refractivity contribution in [3.8, 4) is 5.75 Å². The first-order valence-corrected chi connectivity index (χ1v) is 5.98. The first-order valence-electron chi connectivity index (χ1n) is 5.60. The second kappa shape index (κ2) is 5.46. The summed E-state index contributed by atoms with van der Waals surface area (Å²) in [6, 6.07) is 2.82. The van der Waals surface area contributed by atoms with Crippen LogP contribution in [0.1, 0.15) is 16.8 Å². The summed E-state index contributed by atoms with van der Waals surface area (Å²) in [5, 5.41) is 9.30. The van der Waals surface area contributed by atoms with Gasteiger partial charge in [0.25, 0.3) is 0 Å². The molecular weight excluding hydrogens is 258 g/mol. The minimum Gasteiger partial charge on any atom is -0.491 e. The molecule has 1 saturated heterocycles. The van der Waals surface area contributed by atoms with Crippen molar-refractivity contribution in [2.24, 2.45) is 5.92 Å². The van der Waals surface area contributed by atoms with E-state index in [9.17, 15) is 4.79 Å². The standard InChI is InChI=1S/C12H14ClNO4/c13-10-4-8(14)3-9(12(15)16)11(10)18-6-7-1-2-17-5-7/h3-4,7H,1-2,5-6,14H2,(H,15,16). The van der Waals surface area contributed by atoms with Gasteiger partial charge in [-0.05, 0) is 18.6 Å². The molecule has 0 aliphatic carbocycles. The quantitative estimate of drug-likeness (QED) is 0.819. The SMILES string of the molecule is Nc1cc(Cl)c(OCC2CCOC2)c(C(=O)O)c1. The van der Waals surface area contributed by atoms with Crippen LogP contribution in [-0.4, -0.2) is 30.9 Å². The van der Waals surface area contributed by atoms with E-state index in [4.69, 9.17) is 31.9 Å². The molecule has 1 atom stereocenters. The van der Waals surface area contributed by atoms with Crippen LogP contribution in [0, 0.1) is 5.92 Å². The summed E-state index contributed by atoms with van der Waals surface area (Å²) < 4.78 is 10.7. The third kappa shape index (κ3) is 2.86. The van der Waals surface area contributed by atoms with Gasteiger partial charge >= 0.3 is 5.97 Å². The van der Waals surface area contributed by atoms with Gasteiger partial charge < -0.3 is 20.3 Å². The fraction of sp³-hybridized carbons (Fsp3) is 0.417. The maximum Gasteiger partial charge on any atom is 0.339 e. The zero-order valence-corrected chi connectivity index (χ0v) is 10.4. The molecule has 1 aliphatic heterocycles. The molecular formula is C12H14ClNO4. The van der Waals surface area contributed by atoms with E-state index in [2.05, 4.69) is 0 Å². The Morgan fingerprint density at radius 2 is 2.39 bits per heavy atom. The Kier molecular flexibility index (Phi) is 3.93. The van der Waals surface area contributed by atoms with Gasteiger partial charge in [0.1, 0.15) is 5.56 Å². The fourth-order valence-corrected chi connectivity index (χ4v) is 2.12. The molecule has 0 amide bonds. The van der Waals surface area contributed by atoms with Gasteiger partial charge in [0.05, 0.1) is 18.2 Å². The third-order valence-electron chi connectivity index (χ3n) is 2.78. The first kappa shape index (κ1) is 13.0. The summed E-state index contributed by atoms with van der Waals surface area (Å²) in [7, 11) is 0. The molecule has 3 N–H and O–H groups in total. The molecule has 6 heteroatoms. The minimum absolute atomic E-state index is 0.0149. The summed E-state index contributed by atoms with van der Waals surface area (Å²) >= 11 is 5.96. The minimum atomic E-state index is -1.11. The lowest BCUT2D eigenvalue weighted by Crippen LogP contribution is -2.14. The van der Waals surface area contributed by atoms with Crippen molar-refractivity contribution in [3.05, 3.63) is 22.7 Å². The van der Waals surface area contributed by atoms with Crippen molar-refractivity contribution in [1.29, 1.82) is 0 Å². The van der Waals surface area contributed by atoms with E-state index in [-0.39, 0.29) is 22.3 Å². The van der Waals surface area contributed by atoms with E-state index >= 15 is 0 Å². The number of halogens is 1. The lowest BCUT2D eigenvalue weighted by Gasteiger charge is -2.14. The van der Waals surface area contributed by atoms with Crippen molar-refractivity contribution in [2.45, 2.75) is 6.42 Å². The Bertz CT molecular complexity index is 458. The number of carbonyl (C=O) groups is 1. The summed E-state index contributed by atoms with van der Waals surface area (Å²) in [6.45, 7) is 1.74. The van der Waals surface area contributed by atoms with Crippen LogP contribution >= 0.6 is 11.6 Å². The van der Waals surface area contributed by atoms with E-state index in [1.165, 1.54) is 12.1 Å². The van der Waals surface area contributed by atoms with Crippen LogP contribution in [0.15, 0.2) is 12.1 Å². The highest BCUT2D eigenvalue weighted by Gasteiger charge is 2.20. The third-order valence-corrected chi connectivity index (χ3v) is 3.06. The number of carboxylic acids is 1. The number of ether oxygens (including phenoxy) is 2. The highest BCUT2D eigenvalue weighted by Crippen LogP contribution is 2.32. The van der Waals surface area contributed by atoms with E-state index < -0.39 is 5.97 Å². The number of hydrogen-bond acceptors (Lipinski definition) is 4. The number of benzene rings is 1. The van der Waals surface area contributed by atoms with Crippen molar-refractivity contribution in [1.82, 2.24) is 0 Å². The van der Waals surface area contributed by atoms with Gasteiger partial charge in [-0.1, -0.05) is 11.6 Å². The molecule has 1 aliphatic rings. The number of hydrogen-bond donors (Lipinski definition) is 2. The highest BCUT2D eigenvalue weighted by atomic mass is 35.5. The molecule has 0 aromatic heterocycles. The number of nitrogen functional groups attached to an aromatic ring is 1. The maximum atomic E-state index is 11.1. The van der Waals surface area contributed by atoms with E-state index in [0.29, 0.717) is 18.9 Å². The fourth-order valence-electron chi connectivity index (χ4n) is 1.84. The normalized spacial score (nSPS) is 18.8. The molecule has 2 rings (SSSR count). The van der Waals surface area contributed by atoms with Crippen molar-refractivity contribution in [3.63, 3.8) is 0 Å². The molecule has 1 aromatic carbocycles. The smallest absolute Gasteiger partial charge is 0.339 e. The van der Waals surface area contributed by atoms with Gasteiger partial charge in [-0.2, -0.15) is 0 Å². The number of nitrogens with two attached hydrogens (primary N) is 1. The van der Waals surface area contributed by atoms with Crippen LogP contribution in [0.5, 0.6) is 5.75 Å². The van der Waals surface area contributed by atoms with E-state index in [0.717, 1.165) is 13.0 Å². The zero-order chi connectivity index (χ0) is 13.1. The molecule has 0 radical (unpaired) electrons. The summed E-state index contributed by atoms with van der Waals surface area (Å²) in [6.07, 6.45) is 0.912. The largest absolute Gasteiger partial charge is 0.491 e. The Labute approximate surface area is 109 Å². The monoisotopic (exact) mass is 271 g/mol. The topological polar surface area (TPSA) is 81.8 Å². The number of anilines is 1. The predicted octanol–water partition coefficient (Wildman–Crippen LogP) is 2.04. The van der Waals surface area contributed by atoms with Crippen LogP contribution in [-0.2, 0) is 4.74 Å². The van der Waals surface area contributed by atoms with Crippen molar-refractivity contribution in [2.75, 3.05) is 25.6 Å². The van der Waals surface area contributed by atoms with Crippen LogP contribution < -0.4 is 10.5 Å². The first-order chi connectivity index (χ1) is 8.58. The average Bonchev–Trinajstić information content (AvgIpc) is 2.79. The van der Waals surface area contributed by atoms with E-state index in [1.807, 2.05) is 0 Å². The second-order valence-electron chi connectivity index (χ2n) is 4.23. The predicted molar refractivity (Wildman–Crippen MR) is 67.2 cm³/mol. The summed E-state index contributed by atoms with van der Waals surface area (Å²) in [5.41, 5.74) is 5.85. The molecule has 1 unspecified atom stereocenters. The molecule has 5 nitrogen and oxygen atoms in total. The molecule has 0 saturated carbocycles. The van der Waals surface area contributed by atoms with Crippen LogP contribution in [0.4, 0.5) is 5.69 Å². The lowest BCUT2D eigenvalue weighted by molar-refractivity contribution is 0.0691. The Balaban J connectivity index is 2.17. The van der Waals surface area contributed by atoms with Crippen LogP contribution in [0.25, 0.3) is 0 Å². The van der Waals surface area contributed by atoms with Gasteiger partial charge in [0.15, 0.2) is 5.75 Å². The van der Waals surface area contributed by atoms with Gasteiger partial charge in [-0.15, -0.1) is 0 Å². The van der Waals surface area contributed by atoms with Gasteiger partial charge in [-0.3, -0.25) is 0 Å². The highest BCUT2D eigenvalue weighted by molar-refractivity contribution is 6.33. The van der Waals surface area contributed by atoms with Gasteiger partial charge in [0, 0.05) is 18.2 Å². The lowest BCUT2D eigenvalue weighted by atomic mass is 10.1. The molecule has 1 aromatic rings. The van der Waals surface area contributed by atoms with E-state index in [1.54, 1.807) is 0 Å². The van der Waals surface area contributed by atoms with Crippen molar-refractivity contribution >= 4 is 23.3 Å². The number of rotatable bonds is 4. The molecule has 18 heavy (non-hydrogen) atoms. The molecule has 1 heterocycles. The Hall–Kier alpha value is -1.46. The molecule has 1 fully saturated rings. The summed E-state index contributed by atoms with van der Waals surface area (Å²) in [5.74, 6) is -0.660. The maximum absolute atomic E-state index is 11.1. The average molecular weight is 272 g/mol. The number of aromatic carboxylic acids is 1. The van der Waals surface area contributed by atoms with Crippen molar-refractivity contribution < 1.29 is 19.4 Å². The van der Waals surface area contributed by atoms with Crippen LogP contribution in [0.2, 0.25) is 5.02 Å². The van der Waals surface area contributed by atoms with Crippen LogP contribution in [0.3, 0.4) is 0 Å². The Morgan fingerprint density at radius 3 is 3.00 bits per heavy atom. The zero-order valence-electron chi connectivity index (χ0n) is 9.69. The second-order valence-corrected chi connectivity index (χ2v) is 4.63. The number of carboxylic acid groups (broad SMARTS) is 1. The molecule has 98 valence electrons. The van der Waals surface area contributed by atoms with Gasteiger partial charge in [0.2, 0.25) is 0 Å². The molecule has 0 bridgehead atoms. The van der Waals surface area contributed by atoms with Gasteiger partial charge in [-0.25, -0.2) is 4.79 Å². The molecule has 0 spiro atoms. The Morgan fingerprint density at radius 1 is 1.61 bits per heavy atom.